The van der Waals surface area contributed by atoms with Gasteiger partial charge in [0.05, 0.1) is 5.56 Å². The summed E-state index contributed by atoms with van der Waals surface area (Å²) in [5, 5.41) is 2.04. The molecule has 1 aromatic heterocycles. The Hall–Kier alpha value is -1.97. The van der Waals surface area contributed by atoms with Crippen molar-refractivity contribution in [2.75, 3.05) is 0 Å². The highest BCUT2D eigenvalue weighted by atomic mass is 35.5. The minimum atomic E-state index is -0.438. The average Bonchev–Trinajstić information content (AvgIpc) is 2.81. The quantitative estimate of drug-likeness (QED) is 0.776. The van der Waals surface area contributed by atoms with E-state index in [4.69, 9.17) is 28.9 Å². The van der Waals surface area contributed by atoms with E-state index in [1.165, 1.54) is 0 Å². The van der Waals surface area contributed by atoms with Crippen LogP contribution in [0.3, 0.4) is 0 Å². The largest absolute Gasteiger partial charge is 0.366 e. The zero-order valence-electron chi connectivity index (χ0n) is 11.0. The molecule has 0 atom stereocenters. The Morgan fingerprint density at radius 3 is 2.62 bits per heavy atom. The van der Waals surface area contributed by atoms with E-state index in [1.807, 2.05) is 34.9 Å². The highest BCUT2D eigenvalue weighted by Crippen LogP contribution is 2.26. The third-order valence-electron chi connectivity index (χ3n) is 3.41. The second-order valence-corrected chi connectivity index (χ2v) is 5.63. The molecule has 5 heteroatoms. The summed E-state index contributed by atoms with van der Waals surface area (Å²) in [6.07, 6.45) is 1.76. The zero-order chi connectivity index (χ0) is 15.0. The van der Waals surface area contributed by atoms with Gasteiger partial charge in [-0.05, 0) is 23.8 Å². The second kappa shape index (κ2) is 5.43. The van der Waals surface area contributed by atoms with Gasteiger partial charge in [0.15, 0.2) is 0 Å². The number of hydrogen-bond acceptors (Lipinski definition) is 1. The molecule has 2 N–H and O–H groups in total. The number of nitrogens with zero attached hydrogens (tertiary/aromatic N) is 1. The number of carbonyl (C=O) groups excluding carboxylic acids is 1. The number of benzene rings is 2. The van der Waals surface area contributed by atoms with E-state index in [-0.39, 0.29) is 0 Å². The number of aromatic nitrogens is 1. The molecule has 0 unspecified atom stereocenters. The fourth-order valence-electron chi connectivity index (χ4n) is 2.41. The third kappa shape index (κ3) is 2.62. The fourth-order valence-corrected chi connectivity index (χ4v) is 2.88. The van der Waals surface area contributed by atoms with Gasteiger partial charge in [0.2, 0.25) is 0 Å². The van der Waals surface area contributed by atoms with Gasteiger partial charge in [0.25, 0.3) is 5.91 Å². The van der Waals surface area contributed by atoms with Crippen molar-refractivity contribution >= 4 is 40.0 Å². The van der Waals surface area contributed by atoms with Gasteiger partial charge in [-0.1, -0.05) is 47.5 Å². The van der Waals surface area contributed by atoms with Gasteiger partial charge in [0, 0.05) is 33.7 Å². The molecule has 3 nitrogen and oxygen atoms in total. The molecule has 3 aromatic rings. The number of nitrogens with two attached hydrogens (primary N) is 1. The lowest BCUT2D eigenvalue weighted by Gasteiger charge is -2.08. The van der Waals surface area contributed by atoms with E-state index >= 15 is 0 Å². The van der Waals surface area contributed by atoms with Crippen molar-refractivity contribution in [3.05, 3.63) is 69.8 Å². The Morgan fingerprint density at radius 1 is 1.14 bits per heavy atom. The number of halogens is 2. The van der Waals surface area contributed by atoms with Gasteiger partial charge in [0.1, 0.15) is 0 Å². The lowest BCUT2D eigenvalue weighted by atomic mass is 10.2. The summed E-state index contributed by atoms with van der Waals surface area (Å²) in [5.74, 6) is -0.438. The molecule has 0 radical (unpaired) electrons. The molecule has 3 rings (SSSR count). The Morgan fingerprint density at radius 2 is 1.90 bits per heavy atom. The van der Waals surface area contributed by atoms with Crippen LogP contribution in [0.5, 0.6) is 0 Å². The van der Waals surface area contributed by atoms with E-state index in [0.29, 0.717) is 22.2 Å². The van der Waals surface area contributed by atoms with E-state index in [1.54, 1.807) is 18.3 Å². The van der Waals surface area contributed by atoms with Crippen molar-refractivity contribution in [3.8, 4) is 0 Å². The molecule has 0 bridgehead atoms. The molecule has 0 aliphatic carbocycles. The fraction of sp³-hybridized carbons (Fsp3) is 0.0625. The first-order valence-corrected chi connectivity index (χ1v) is 7.13. The van der Waals surface area contributed by atoms with Gasteiger partial charge in [-0.3, -0.25) is 4.79 Å². The first-order chi connectivity index (χ1) is 10.1. The molecule has 0 aliphatic heterocycles. The summed E-state index contributed by atoms with van der Waals surface area (Å²) in [6, 6.07) is 13.0. The number of rotatable bonds is 3. The first kappa shape index (κ1) is 14.0. The number of hydrogen-bond donors (Lipinski definition) is 1. The molecule has 106 valence electrons. The maximum Gasteiger partial charge on any atom is 0.250 e. The van der Waals surface area contributed by atoms with Gasteiger partial charge in [-0.25, -0.2) is 0 Å². The van der Waals surface area contributed by atoms with Crippen LogP contribution in [0.4, 0.5) is 0 Å². The summed E-state index contributed by atoms with van der Waals surface area (Å²) in [5.41, 5.74) is 7.82. The predicted molar refractivity (Wildman–Crippen MR) is 86.0 cm³/mol. The van der Waals surface area contributed by atoms with Crippen molar-refractivity contribution in [1.82, 2.24) is 4.57 Å². The molecule has 2 aromatic carbocycles. The van der Waals surface area contributed by atoms with Gasteiger partial charge in [-0.15, -0.1) is 0 Å². The van der Waals surface area contributed by atoms with Crippen molar-refractivity contribution in [1.29, 1.82) is 0 Å². The molecule has 1 amide bonds. The zero-order valence-corrected chi connectivity index (χ0v) is 12.5. The van der Waals surface area contributed by atoms with Crippen molar-refractivity contribution in [2.24, 2.45) is 5.73 Å². The normalized spacial score (nSPS) is 11.0. The van der Waals surface area contributed by atoms with Crippen LogP contribution in [-0.4, -0.2) is 10.5 Å². The van der Waals surface area contributed by atoms with Crippen LogP contribution in [0.25, 0.3) is 10.9 Å². The van der Waals surface area contributed by atoms with E-state index in [0.717, 1.165) is 16.5 Å². The highest BCUT2D eigenvalue weighted by Gasteiger charge is 2.13. The lowest BCUT2D eigenvalue weighted by molar-refractivity contribution is 0.100. The minimum Gasteiger partial charge on any atom is -0.366 e. The van der Waals surface area contributed by atoms with Crippen molar-refractivity contribution < 1.29 is 4.79 Å². The predicted octanol–water partition coefficient (Wildman–Crippen LogP) is 4.10. The Bertz CT molecular complexity index is 839. The molecule has 0 fully saturated rings. The van der Waals surface area contributed by atoms with E-state index in [9.17, 15) is 4.79 Å². The topological polar surface area (TPSA) is 48.0 Å². The molecular formula is C16H12Cl2N2O. The van der Waals surface area contributed by atoms with E-state index < -0.39 is 5.91 Å². The number of primary amides is 1. The van der Waals surface area contributed by atoms with E-state index in [2.05, 4.69) is 0 Å². The summed E-state index contributed by atoms with van der Waals surface area (Å²) < 4.78 is 1.96. The van der Waals surface area contributed by atoms with Crippen LogP contribution < -0.4 is 5.73 Å². The van der Waals surface area contributed by atoms with Crippen molar-refractivity contribution in [3.63, 3.8) is 0 Å². The number of fused-ring (bicyclic) bond motifs is 1. The maximum absolute atomic E-state index is 11.6. The first-order valence-electron chi connectivity index (χ1n) is 6.38. The summed E-state index contributed by atoms with van der Waals surface area (Å²) in [4.78, 5) is 11.6. The Kier molecular flexibility index (Phi) is 3.62. The van der Waals surface area contributed by atoms with Crippen LogP contribution in [-0.2, 0) is 6.54 Å². The van der Waals surface area contributed by atoms with Crippen LogP contribution >= 0.6 is 23.2 Å². The molecule has 0 saturated carbocycles. The summed E-state index contributed by atoms with van der Waals surface area (Å²) >= 11 is 12.1. The summed E-state index contributed by atoms with van der Waals surface area (Å²) in [6.45, 7) is 0.545. The average molecular weight is 319 g/mol. The Labute approximate surface area is 131 Å². The smallest absolute Gasteiger partial charge is 0.250 e. The highest BCUT2D eigenvalue weighted by molar-refractivity contribution is 6.35. The number of amides is 1. The molecule has 1 heterocycles. The third-order valence-corrected chi connectivity index (χ3v) is 4.00. The van der Waals surface area contributed by atoms with Gasteiger partial charge < -0.3 is 10.3 Å². The molecule has 0 saturated heterocycles. The van der Waals surface area contributed by atoms with Crippen LogP contribution in [0.1, 0.15) is 15.9 Å². The molecule has 0 spiro atoms. The SMILES string of the molecule is NC(=O)c1cn(Cc2ccc(Cl)cc2Cl)c2ccccc12. The molecule has 21 heavy (non-hydrogen) atoms. The van der Waals surface area contributed by atoms with Crippen molar-refractivity contribution in [2.45, 2.75) is 6.54 Å². The Balaban J connectivity index is 2.10. The van der Waals surface area contributed by atoms with Crippen LogP contribution in [0.2, 0.25) is 10.0 Å². The monoisotopic (exact) mass is 318 g/mol. The number of para-hydroxylation sites is 1. The lowest BCUT2D eigenvalue weighted by Crippen LogP contribution is -2.10. The van der Waals surface area contributed by atoms with Gasteiger partial charge in [-0.2, -0.15) is 0 Å². The number of carbonyl (C=O) groups is 1. The molecular weight excluding hydrogens is 307 g/mol. The van der Waals surface area contributed by atoms with Crippen LogP contribution in [0.15, 0.2) is 48.7 Å². The minimum absolute atomic E-state index is 0.438. The second-order valence-electron chi connectivity index (χ2n) is 4.79. The molecule has 0 aliphatic rings. The van der Waals surface area contributed by atoms with Gasteiger partial charge >= 0.3 is 0 Å². The van der Waals surface area contributed by atoms with Crippen LogP contribution in [0, 0.1) is 0 Å². The standard InChI is InChI=1S/C16H12Cl2N2O/c17-11-6-5-10(14(18)7-11)8-20-9-13(16(19)21)12-3-1-2-4-15(12)20/h1-7,9H,8H2,(H2,19,21). The maximum atomic E-state index is 11.6. The summed E-state index contributed by atoms with van der Waals surface area (Å²) in [7, 11) is 0.